The van der Waals surface area contributed by atoms with Crippen LogP contribution in [0.15, 0.2) is 18.2 Å². The fourth-order valence-electron chi connectivity index (χ4n) is 6.82. The highest BCUT2D eigenvalue weighted by molar-refractivity contribution is 6.24. The predicted octanol–water partition coefficient (Wildman–Crippen LogP) is 4.41. The molecule has 5 rings (SSSR count). The van der Waals surface area contributed by atoms with Crippen molar-refractivity contribution in [2.45, 2.75) is 83.6 Å². The Balaban J connectivity index is 1.28. The van der Waals surface area contributed by atoms with Crippen LogP contribution in [0.4, 0.5) is 5.69 Å². The molecule has 3 aliphatic heterocycles. The minimum absolute atomic E-state index is 0.0243. The van der Waals surface area contributed by atoms with Gasteiger partial charge in [-0.05, 0) is 57.6 Å². The summed E-state index contributed by atoms with van der Waals surface area (Å²) in [5.41, 5.74) is 1.81. The van der Waals surface area contributed by atoms with E-state index in [4.69, 9.17) is 4.74 Å². The first-order chi connectivity index (χ1) is 18.5. The molecule has 1 atom stereocenters. The van der Waals surface area contributed by atoms with Crippen molar-refractivity contribution >= 4 is 29.4 Å². The molecule has 3 heterocycles. The number of imide groups is 1. The number of anilines is 1. The van der Waals surface area contributed by atoms with Gasteiger partial charge in [-0.15, -0.1) is 0 Å². The normalized spacial score (nSPS) is 23.7. The molecule has 1 aromatic rings. The number of esters is 1. The van der Waals surface area contributed by atoms with Crippen LogP contribution in [0.3, 0.4) is 0 Å². The molecular formula is C30H41N3O5. The van der Waals surface area contributed by atoms with Crippen molar-refractivity contribution in [1.29, 1.82) is 0 Å². The number of hydrogen-bond acceptors (Lipinski definition) is 6. The van der Waals surface area contributed by atoms with Crippen LogP contribution in [0.25, 0.3) is 0 Å². The Labute approximate surface area is 225 Å². The summed E-state index contributed by atoms with van der Waals surface area (Å²) >= 11 is 0. The molecule has 1 aliphatic carbocycles. The Morgan fingerprint density at radius 1 is 0.842 bits per heavy atom. The van der Waals surface area contributed by atoms with E-state index >= 15 is 0 Å². The molecule has 8 heteroatoms. The monoisotopic (exact) mass is 523 g/mol. The lowest BCUT2D eigenvalue weighted by atomic mass is 9.92. The van der Waals surface area contributed by atoms with Crippen LogP contribution >= 0.6 is 0 Å². The maximum atomic E-state index is 13.7. The first-order valence-corrected chi connectivity index (χ1v) is 14.7. The molecule has 206 valence electrons. The number of ether oxygens (including phenoxy) is 1. The van der Waals surface area contributed by atoms with Gasteiger partial charge >= 0.3 is 5.97 Å². The fourth-order valence-corrected chi connectivity index (χ4v) is 6.82. The first kappa shape index (κ1) is 26.7. The van der Waals surface area contributed by atoms with Gasteiger partial charge in [0.2, 0.25) is 5.91 Å². The summed E-state index contributed by atoms with van der Waals surface area (Å²) in [5, 5.41) is 0. The van der Waals surface area contributed by atoms with Crippen molar-refractivity contribution in [3.63, 3.8) is 0 Å². The number of amides is 3. The predicted molar refractivity (Wildman–Crippen MR) is 144 cm³/mol. The van der Waals surface area contributed by atoms with E-state index in [1.54, 1.807) is 11.0 Å². The fraction of sp³-hybridized carbons (Fsp3) is 0.667. The van der Waals surface area contributed by atoms with Crippen LogP contribution < -0.4 is 4.90 Å². The maximum absolute atomic E-state index is 13.7. The van der Waals surface area contributed by atoms with Gasteiger partial charge in [0.15, 0.2) is 0 Å². The molecule has 3 fully saturated rings. The lowest BCUT2D eigenvalue weighted by molar-refractivity contribution is -0.151. The van der Waals surface area contributed by atoms with Crippen LogP contribution in [0.5, 0.6) is 0 Å². The summed E-state index contributed by atoms with van der Waals surface area (Å²) in [5.74, 6) is -0.643. The topological polar surface area (TPSA) is 87.2 Å². The van der Waals surface area contributed by atoms with Crippen LogP contribution in [0, 0.1) is 11.8 Å². The molecule has 0 radical (unpaired) electrons. The molecule has 1 unspecified atom stereocenters. The van der Waals surface area contributed by atoms with Gasteiger partial charge in [-0.2, -0.15) is 0 Å². The van der Waals surface area contributed by atoms with Crippen LogP contribution in [0.1, 0.15) is 98.3 Å². The summed E-state index contributed by atoms with van der Waals surface area (Å²) in [7, 11) is 0. The number of benzene rings is 1. The largest absolute Gasteiger partial charge is 0.466 e. The van der Waals surface area contributed by atoms with Crippen molar-refractivity contribution in [3.05, 3.63) is 29.3 Å². The van der Waals surface area contributed by atoms with Gasteiger partial charge in [-0.3, -0.25) is 24.1 Å². The molecule has 38 heavy (non-hydrogen) atoms. The summed E-state index contributed by atoms with van der Waals surface area (Å²) in [6.45, 7) is 4.64. The van der Waals surface area contributed by atoms with Gasteiger partial charge < -0.3 is 14.5 Å². The van der Waals surface area contributed by atoms with E-state index in [0.717, 1.165) is 63.6 Å². The van der Waals surface area contributed by atoms with Gasteiger partial charge in [0.1, 0.15) is 0 Å². The molecule has 0 N–H and O–H groups in total. The minimum atomic E-state index is -0.166. The molecule has 2 saturated heterocycles. The highest BCUT2D eigenvalue weighted by Crippen LogP contribution is 2.37. The first-order valence-electron chi connectivity index (χ1n) is 14.7. The maximum Gasteiger partial charge on any atom is 0.309 e. The molecule has 0 spiro atoms. The summed E-state index contributed by atoms with van der Waals surface area (Å²) in [6.07, 6.45) is 10.4. The number of likely N-dealkylation sites (tertiary alicyclic amines) is 1. The second-order valence-electron chi connectivity index (χ2n) is 11.3. The third-order valence-electron chi connectivity index (χ3n) is 8.90. The summed E-state index contributed by atoms with van der Waals surface area (Å²) in [4.78, 5) is 58.3. The quantitative estimate of drug-likeness (QED) is 0.420. The zero-order chi connectivity index (χ0) is 26.6. The average Bonchev–Trinajstić information content (AvgIpc) is 3.18. The molecule has 4 aliphatic rings. The SMILES string of the molecule is CCOC(=O)C1CCN(C(=O)C2CCCN(c3cccc4c3C(=O)N(C3CCCCCCC3)C4=O)C2)CC1. The number of piperidine rings is 2. The number of carbonyl (C=O) groups is 4. The summed E-state index contributed by atoms with van der Waals surface area (Å²) < 4.78 is 5.16. The second-order valence-corrected chi connectivity index (χ2v) is 11.3. The van der Waals surface area contributed by atoms with Gasteiger partial charge in [0, 0.05) is 32.2 Å². The van der Waals surface area contributed by atoms with E-state index < -0.39 is 0 Å². The molecule has 3 amide bonds. The van der Waals surface area contributed by atoms with Gasteiger partial charge in [0.05, 0.1) is 35.3 Å². The van der Waals surface area contributed by atoms with Crippen molar-refractivity contribution in [2.24, 2.45) is 11.8 Å². The molecule has 0 bridgehead atoms. The Morgan fingerprint density at radius 3 is 2.26 bits per heavy atom. The van der Waals surface area contributed by atoms with E-state index in [-0.39, 0.29) is 41.6 Å². The van der Waals surface area contributed by atoms with Gasteiger partial charge in [-0.25, -0.2) is 0 Å². The van der Waals surface area contributed by atoms with Crippen LogP contribution in [-0.4, -0.2) is 72.3 Å². The Hall–Kier alpha value is -2.90. The lowest BCUT2D eigenvalue weighted by Crippen LogP contribution is -2.48. The molecule has 1 aromatic carbocycles. The molecule has 0 aromatic heterocycles. The Morgan fingerprint density at radius 2 is 1.55 bits per heavy atom. The van der Waals surface area contributed by atoms with Gasteiger partial charge in [-0.1, -0.05) is 38.2 Å². The molecule has 8 nitrogen and oxygen atoms in total. The Kier molecular flexibility index (Phi) is 8.34. The number of hydrogen-bond donors (Lipinski definition) is 0. The number of nitrogens with zero attached hydrogens (tertiary/aromatic N) is 3. The van der Waals surface area contributed by atoms with Crippen molar-refractivity contribution < 1.29 is 23.9 Å². The van der Waals surface area contributed by atoms with Gasteiger partial charge in [0.25, 0.3) is 11.8 Å². The second kappa shape index (κ2) is 11.9. The van der Waals surface area contributed by atoms with Crippen molar-refractivity contribution in [1.82, 2.24) is 9.80 Å². The van der Waals surface area contributed by atoms with E-state index in [9.17, 15) is 19.2 Å². The lowest BCUT2D eigenvalue weighted by Gasteiger charge is -2.38. The smallest absolute Gasteiger partial charge is 0.309 e. The number of rotatable bonds is 5. The van der Waals surface area contributed by atoms with E-state index in [1.807, 2.05) is 24.0 Å². The van der Waals surface area contributed by atoms with Crippen molar-refractivity contribution in [3.8, 4) is 0 Å². The number of carbonyl (C=O) groups excluding carboxylic acids is 4. The highest BCUT2D eigenvalue weighted by atomic mass is 16.5. The van der Waals surface area contributed by atoms with E-state index in [2.05, 4.69) is 4.90 Å². The minimum Gasteiger partial charge on any atom is -0.466 e. The van der Waals surface area contributed by atoms with Crippen molar-refractivity contribution in [2.75, 3.05) is 37.7 Å². The van der Waals surface area contributed by atoms with E-state index in [0.29, 0.717) is 50.2 Å². The van der Waals surface area contributed by atoms with Crippen LogP contribution in [-0.2, 0) is 14.3 Å². The average molecular weight is 524 g/mol. The zero-order valence-corrected chi connectivity index (χ0v) is 22.7. The molecular weight excluding hydrogens is 482 g/mol. The third-order valence-corrected chi connectivity index (χ3v) is 8.90. The molecule has 1 saturated carbocycles. The highest BCUT2D eigenvalue weighted by Gasteiger charge is 2.43. The standard InChI is InChI=1S/C30H41N3O5/c1-2-38-30(37)21-15-18-31(19-16-21)27(34)22-10-9-17-32(20-22)25-14-8-13-24-26(25)29(36)33(28(24)35)23-11-6-4-3-5-7-12-23/h8,13-14,21-23H,2-7,9-12,15-20H2,1H3. The number of fused-ring (bicyclic) bond motifs is 1. The van der Waals surface area contributed by atoms with Crippen LogP contribution in [0.2, 0.25) is 0 Å². The third kappa shape index (κ3) is 5.32. The summed E-state index contributed by atoms with van der Waals surface area (Å²) in [6, 6.07) is 5.56. The zero-order valence-electron chi connectivity index (χ0n) is 22.7. The van der Waals surface area contributed by atoms with E-state index in [1.165, 1.54) is 6.42 Å². The Bertz CT molecular complexity index is 1060.